The van der Waals surface area contributed by atoms with Crippen LogP contribution in [0.3, 0.4) is 0 Å². The van der Waals surface area contributed by atoms with Crippen molar-refractivity contribution in [3.63, 3.8) is 0 Å². The molecule has 3 aliphatic heterocycles. The molecule has 0 atom stereocenters. The Labute approximate surface area is 189 Å². The first-order valence-electron chi connectivity index (χ1n) is 11.2. The lowest BCUT2D eigenvalue weighted by molar-refractivity contribution is -0.138. The summed E-state index contributed by atoms with van der Waals surface area (Å²) in [5.41, 5.74) is 0.893. The van der Waals surface area contributed by atoms with E-state index in [1.807, 2.05) is 44.4 Å². The number of carbonyl (C=O) groups excluding carboxylic acids is 2. The molecule has 0 unspecified atom stereocenters. The minimum absolute atomic E-state index is 0.0268. The Balaban J connectivity index is 1.46. The van der Waals surface area contributed by atoms with Crippen molar-refractivity contribution in [3.8, 4) is 11.5 Å². The van der Waals surface area contributed by atoms with Gasteiger partial charge in [-0.1, -0.05) is 0 Å². The number of amides is 2. The standard InChI is InChI=1S/C24H32N4O4/c1-24(2)22(17-7-8-19(31-3)20(16-17)32-4)25-28(23(24)30)18-9-12-26(13-10-18)14-15-27-11-5-6-21(27)29/h7-8,14-16,18H,5-6,9-13H2,1-4H3. The normalized spacial score (nSPS) is 21.6. The van der Waals surface area contributed by atoms with Gasteiger partial charge in [0.15, 0.2) is 11.5 Å². The molecule has 0 spiro atoms. The van der Waals surface area contributed by atoms with E-state index in [4.69, 9.17) is 14.6 Å². The van der Waals surface area contributed by atoms with Gasteiger partial charge in [0.25, 0.3) is 5.91 Å². The molecule has 1 aromatic rings. The smallest absolute Gasteiger partial charge is 0.254 e. The summed E-state index contributed by atoms with van der Waals surface area (Å²) in [5, 5.41) is 6.50. The zero-order valence-corrected chi connectivity index (χ0v) is 19.3. The molecule has 3 heterocycles. The number of hydrogen-bond acceptors (Lipinski definition) is 6. The lowest BCUT2D eigenvalue weighted by Gasteiger charge is -2.35. The molecular weight excluding hydrogens is 408 g/mol. The Morgan fingerprint density at radius 2 is 1.75 bits per heavy atom. The number of hydrazone groups is 1. The van der Waals surface area contributed by atoms with Gasteiger partial charge < -0.3 is 19.3 Å². The first-order chi connectivity index (χ1) is 15.3. The average Bonchev–Trinajstić information content (AvgIpc) is 3.32. The van der Waals surface area contributed by atoms with Crippen LogP contribution in [-0.2, 0) is 9.59 Å². The largest absolute Gasteiger partial charge is 0.493 e. The maximum Gasteiger partial charge on any atom is 0.254 e. The Hall–Kier alpha value is -3.03. The van der Waals surface area contributed by atoms with Crippen LogP contribution in [0.2, 0.25) is 0 Å². The zero-order chi connectivity index (χ0) is 22.9. The van der Waals surface area contributed by atoms with E-state index in [0.29, 0.717) is 17.9 Å². The first-order valence-corrected chi connectivity index (χ1v) is 11.2. The summed E-state index contributed by atoms with van der Waals surface area (Å²) < 4.78 is 10.8. The fourth-order valence-corrected chi connectivity index (χ4v) is 4.60. The molecule has 0 aliphatic carbocycles. The number of hydrogen-bond donors (Lipinski definition) is 0. The number of carbonyl (C=O) groups is 2. The predicted molar refractivity (Wildman–Crippen MR) is 121 cm³/mol. The van der Waals surface area contributed by atoms with Crippen LogP contribution in [0.1, 0.15) is 45.1 Å². The molecule has 8 heteroatoms. The van der Waals surface area contributed by atoms with Crippen molar-refractivity contribution in [1.82, 2.24) is 14.8 Å². The van der Waals surface area contributed by atoms with Crippen LogP contribution in [0.4, 0.5) is 0 Å². The lowest BCUT2D eigenvalue weighted by Crippen LogP contribution is -2.45. The second kappa shape index (κ2) is 8.84. The van der Waals surface area contributed by atoms with E-state index in [1.54, 1.807) is 24.1 Å². The third-order valence-electron chi connectivity index (χ3n) is 6.61. The van der Waals surface area contributed by atoms with Crippen molar-refractivity contribution in [1.29, 1.82) is 0 Å². The van der Waals surface area contributed by atoms with E-state index < -0.39 is 5.41 Å². The van der Waals surface area contributed by atoms with Gasteiger partial charge in [0.2, 0.25) is 5.91 Å². The Kier molecular flexibility index (Phi) is 6.13. The molecule has 2 fully saturated rings. The summed E-state index contributed by atoms with van der Waals surface area (Å²) in [6.45, 7) is 6.31. The number of ether oxygens (including phenoxy) is 2. The summed E-state index contributed by atoms with van der Waals surface area (Å²) in [6, 6.07) is 5.71. The highest BCUT2D eigenvalue weighted by Gasteiger charge is 2.46. The summed E-state index contributed by atoms with van der Waals surface area (Å²) in [5.74, 6) is 1.48. The molecule has 172 valence electrons. The third-order valence-corrected chi connectivity index (χ3v) is 6.61. The molecule has 8 nitrogen and oxygen atoms in total. The van der Waals surface area contributed by atoms with Crippen LogP contribution in [-0.4, -0.2) is 72.2 Å². The summed E-state index contributed by atoms with van der Waals surface area (Å²) in [6.07, 6.45) is 7.14. The predicted octanol–water partition coefficient (Wildman–Crippen LogP) is 2.83. The van der Waals surface area contributed by atoms with Crippen molar-refractivity contribution in [2.24, 2.45) is 10.5 Å². The SMILES string of the molecule is COc1ccc(C2=NN(C3CCN(C=CN4CCCC4=O)CC3)C(=O)C2(C)C)cc1OC. The van der Waals surface area contributed by atoms with Gasteiger partial charge in [-0.2, -0.15) is 5.10 Å². The zero-order valence-electron chi connectivity index (χ0n) is 19.3. The van der Waals surface area contributed by atoms with Crippen molar-refractivity contribution in [3.05, 3.63) is 36.2 Å². The number of rotatable bonds is 6. The first kappa shape index (κ1) is 22.2. The maximum absolute atomic E-state index is 13.3. The van der Waals surface area contributed by atoms with Crippen molar-refractivity contribution in [2.75, 3.05) is 33.9 Å². The second-order valence-electron chi connectivity index (χ2n) is 9.05. The fraction of sp³-hybridized carbons (Fsp3) is 0.542. The summed E-state index contributed by atoms with van der Waals surface area (Å²) in [7, 11) is 3.20. The minimum Gasteiger partial charge on any atom is -0.493 e. The molecule has 1 aromatic carbocycles. The van der Waals surface area contributed by atoms with Gasteiger partial charge in [-0.25, -0.2) is 5.01 Å². The number of piperidine rings is 1. The molecule has 32 heavy (non-hydrogen) atoms. The highest BCUT2D eigenvalue weighted by Crippen LogP contribution is 2.37. The molecule has 4 rings (SSSR count). The highest BCUT2D eigenvalue weighted by molar-refractivity contribution is 6.19. The molecule has 0 bridgehead atoms. The van der Waals surface area contributed by atoms with Crippen molar-refractivity contribution >= 4 is 17.5 Å². The lowest BCUT2D eigenvalue weighted by atomic mass is 9.83. The van der Waals surface area contributed by atoms with E-state index in [1.165, 1.54) is 0 Å². The molecular formula is C24H32N4O4. The molecule has 2 amide bonds. The fourth-order valence-electron chi connectivity index (χ4n) is 4.60. The van der Waals surface area contributed by atoms with Crippen LogP contribution in [0, 0.1) is 5.41 Å². The Morgan fingerprint density at radius 1 is 1.03 bits per heavy atom. The van der Waals surface area contributed by atoms with E-state index in [-0.39, 0.29) is 17.9 Å². The van der Waals surface area contributed by atoms with E-state index in [2.05, 4.69) is 4.90 Å². The van der Waals surface area contributed by atoms with Gasteiger partial charge in [-0.15, -0.1) is 0 Å². The van der Waals surface area contributed by atoms with Crippen molar-refractivity contribution in [2.45, 2.75) is 45.6 Å². The van der Waals surface area contributed by atoms with Gasteiger partial charge in [-0.05, 0) is 51.3 Å². The number of benzene rings is 1. The van der Waals surface area contributed by atoms with Crippen molar-refractivity contribution < 1.29 is 19.1 Å². The Morgan fingerprint density at radius 3 is 2.38 bits per heavy atom. The van der Waals surface area contributed by atoms with E-state index in [9.17, 15) is 9.59 Å². The molecule has 0 aromatic heterocycles. The number of methoxy groups -OCH3 is 2. The van der Waals surface area contributed by atoms with Crippen LogP contribution < -0.4 is 9.47 Å². The van der Waals surface area contributed by atoms with Gasteiger partial charge in [0.05, 0.1) is 31.4 Å². The van der Waals surface area contributed by atoms with Crippen LogP contribution >= 0.6 is 0 Å². The highest BCUT2D eigenvalue weighted by atomic mass is 16.5. The minimum atomic E-state index is -0.716. The number of likely N-dealkylation sites (tertiary alicyclic amines) is 2. The monoisotopic (exact) mass is 440 g/mol. The summed E-state index contributed by atoms with van der Waals surface area (Å²) in [4.78, 5) is 29.1. The van der Waals surface area contributed by atoms with Gasteiger partial charge in [0.1, 0.15) is 0 Å². The van der Waals surface area contributed by atoms with E-state index >= 15 is 0 Å². The van der Waals surface area contributed by atoms with Crippen LogP contribution in [0.25, 0.3) is 0 Å². The molecule has 0 N–H and O–H groups in total. The van der Waals surface area contributed by atoms with Crippen LogP contribution in [0.5, 0.6) is 11.5 Å². The Bertz CT molecular complexity index is 947. The molecule has 2 saturated heterocycles. The second-order valence-corrected chi connectivity index (χ2v) is 9.05. The van der Waals surface area contributed by atoms with Crippen LogP contribution in [0.15, 0.2) is 35.7 Å². The topological polar surface area (TPSA) is 74.7 Å². The third kappa shape index (κ3) is 4.06. The molecule has 3 aliphatic rings. The van der Waals surface area contributed by atoms with Gasteiger partial charge in [-0.3, -0.25) is 9.59 Å². The maximum atomic E-state index is 13.3. The van der Waals surface area contributed by atoms with Gasteiger partial charge >= 0.3 is 0 Å². The summed E-state index contributed by atoms with van der Waals surface area (Å²) >= 11 is 0. The number of nitrogens with zero attached hydrogens (tertiary/aromatic N) is 4. The molecule has 0 radical (unpaired) electrons. The average molecular weight is 441 g/mol. The van der Waals surface area contributed by atoms with Gasteiger partial charge in [0, 0.05) is 44.0 Å². The quantitative estimate of drug-likeness (QED) is 0.680. The van der Waals surface area contributed by atoms with E-state index in [0.717, 1.165) is 50.2 Å². The molecule has 0 saturated carbocycles.